The van der Waals surface area contributed by atoms with Crippen LogP contribution in [0.25, 0.3) is 0 Å². The molecule has 9 heteroatoms. The molecular formula is C23H23N7O2. The zero-order valence-electron chi connectivity index (χ0n) is 17.4. The van der Waals surface area contributed by atoms with Gasteiger partial charge in [-0.25, -0.2) is 20.0 Å². The number of benzene rings is 1. The summed E-state index contributed by atoms with van der Waals surface area (Å²) in [4.78, 5) is 38.8. The van der Waals surface area contributed by atoms with Crippen molar-refractivity contribution in [3.05, 3.63) is 77.9 Å². The normalized spacial score (nSPS) is 17.1. The highest BCUT2D eigenvalue weighted by molar-refractivity contribution is 5.92. The van der Waals surface area contributed by atoms with Gasteiger partial charge in [-0.15, -0.1) is 0 Å². The molecule has 2 aliphatic rings. The maximum Gasteiger partial charge on any atom is 0.270 e. The molecule has 2 N–H and O–H groups in total. The second-order valence-corrected chi connectivity index (χ2v) is 7.74. The number of carbonyl (C=O) groups is 2. The number of amides is 2. The van der Waals surface area contributed by atoms with Gasteiger partial charge in [-0.1, -0.05) is 24.3 Å². The lowest BCUT2D eigenvalue weighted by molar-refractivity contribution is -0.131. The van der Waals surface area contributed by atoms with Crippen molar-refractivity contribution in [1.29, 1.82) is 0 Å². The van der Waals surface area contributed by atoms with Crippen molar-refractivity contribution in [2.24, 2.45) is 0 Å². The lowest BCUT2D eigenvalue weighted by atomic mass is 10.1. The van der Waals surface area contributed by atoms with Gasteiger partial charge in [0.05, 0.1) is 12.2 Å². The van der Waals surface area contributed by atoms with Crippen molar-refractivity contribution >= 4 is 23.5 Å². The number of aromatic nitrogens is 3. The molecule has 32 heavy (non-hydrogen) atoms. The molecule has 2 aliphatic heterocycles. The summed E-state index contributed by atoms with van der Waals surface area (Å²) in [5.41, 5.74) is 3.15. The molecule has 1 saturated heterocycles. The number of hydrazine groups is 1. The van der Waals surface area contributed by atoms with Crippen molar-refractivity contribution in [2.45, 2.75) is 25.4 Å². The van der Waals surface area contributed by atoms with E-state index in [1.165, 1.54) is 0 Å². The molecule has 0 spiro atoms. The Labute approximate surface area is 185 Å². The highest BCUT2D eigenvalue weighted by Crippen LogP contribution is 2.28. The van der Waals surface area contributed by atoms with Gasteiger partial charge in [0, 0.05) is 37.6 Å². The van der Waals surface area contributed by atoms with Gasteiger partial charge in [-0.05, 0) is 36.2 Å². The molecule has 1 unspecified atom stereocenters. The van der Waals surface area contributed by atoms with Gasteiger partial charge in [-0.3, -0.25) is 14.6 Å². The van der Waals surface area contributed by atoms with E-state index in [1.807, 2.05) is 42.5 Å². The van der Waals surface area contributed by atoms with E-state index in [9.17, 15) is 9.59 Å². The largest absolute Gasteiger partial charge is 0.373 e. The summed E-state index contributed by atoms with van der Waals surface area (Å²) in [6, 6.07) is 14.7. The first-order chi connectivity index (χ1) is 15.7. The van der Waals surface area contributed by atoms with E-state index >= 15 is 0 Å². The number of hydrogen-bond acceptors (Lipinski definition) is 7. The molecule has 4 heterocycles. The third-order valence-corrected chi connectivity index (χ3v) is 5.62. The molecule has 9 nitrogen and oxygen atoms in total. The van der Waals surface area contributed by atoms with Crippen LogP contribution in [0.4, 0.5) is 11.6 Å². The first kappa shape index (κ1) is 19.9. The van der Waals surface area contributed by atoms with Gasteiger partial charge < -0.3 is 10.6 Å². The summed E-state index contributed by atoms with van der Waals surface area (Å²) < 4.78 is 0. The Morgan fingerprint density at radius 3 is 2.75 bits per heavy atom. The second-order valence-electron chi connectivity index (χ2n) is 7.74. The fraction of sp³-hybridized carbons (Fsp3) is 0.261. The molecule has 0 saturated carbocycles. The van der Waals surface area contributed by atoms with Crippen LogP contribution in [-0.4, -0.2) is 50.9 Å². The Kier molecular flexibility index (Phi) is 5.37. The Bertz CT molecular complexity index is 1110. The molecule has 1 fully saturated rings. The monoisotopic (exact) mass is 429 g/mol. The smallest absolute Gasteiger partial charge is 0.270 e. The fourth-order valence-electron chi connectivity index (χ4n) is 4.04. The van der Waals surface area contributed by atoms with E-state index in [4.69, 9.17) is 0 Å². The summed E-state index contributed by atoms with van der Waals surface area (Å²) in [6.45, 7) is 1.51. The Balaban J connectivity index is 1.28. The highest BCUT2D eigenvalue weighted by atomic mass is 16.2. The fourth-order valence-corrected chi connectivity index (χ4v) is 4.04. The third kappa shape index (κ3) is 3.96. The molecule has 1 atom stereocenters. The van der Waals surface area contributed by atoms with Gasteiger partial charge in [0.25, 0.3) is 11.8 Å². The van der Waals surface area contributed by atoms with Crippen LogP contribution in [0.1, 0.15) is 28.2 Å². The first-order valence-electron chi connectivity index (χ1n) is 10.6. The van der Waals surface area contributed by atoms with E-state index in [0.717, 1.165) is 23.4 Å². The average molecular weight is 429 g/mol. The number of nitrogens with one attached hydrogen (secondary N) is 2. The molecule has 0 radical (unpaired) electrons. The second kappa shape index (κ2) is 8.62. The van der Waals surface area contributed by atoms with Crippen molar-refractivity contribution in [2.75, 3.05) is 23.4 Å². The predicted octanol–water partition coefficient (Wildman–Crippen LogP) is 1.79. The summed E-state index contributed by atoms with van der Waals surface area (Å²) in [7, 11) is 0. The molecule has 2 aromatic heterocycles. The SMILES string of the molecule is O=C(NCc1ccccn1)c1ccnc(N2CCCN2C(=O)C2Cc3ccccc3N2)n1. The first-order valence-corrected chi connectivity index (χ1v) is 10.6. The Morgan fingerprint density at radius 2 is 1.91 bits per heavy atom. The minimum absolute atomic E-state index is 0.0210. The Hall–Kier alpha value is -4.01. The van der Waals surface area contributed by atoms with Crippen molar-refractivity contribution in [3.8, 4) is 0 Å². The predicted molar refractivity (Wildman–Crippen MR) is 119 cm³/mol. The van der Waals surface area contributed by atoms with Crippen molar-refractivity contribution in [1.82, 2.24) is 25.3 Å². The minimum Gasteiger partial charge on any atom is -0.373 e. The topological polar surface area (TPSA) is 103 Å². The number of carbonyl (C=O) groups excluding carboxylic acids is 2. The van der Waals surface area contributed by atoms with Gasteiger partial charge in [0.2, 0.25) is 5.95 Å². The molecule has 1 aromatic carbocycles. The van der Waals surface area contributed by atoms with E-state index in [0.29, 0.717) is 32.0 Å². The Morgan fingerprint density at radius 1 is 1.03 bits per heavy atom. The molecule has 5 rings (SSSR count). The zero-order valence-corrected chi connectivity index (χ0v) is 17.4. The number of para-hydroxylation sites is 1. The van der Waals surface area contributed by atoms with E-state index in [-0.39, 0.29) is 23.6 Å². The number of rotatable bonds is 5. The van der Waals surface area contributed by atoms with Gasteiger partial charge in [-0.2, -0.15) is 0 Å². The van der Waals surface area contributed by atoms with Crippen LogP contribution in [0.3, 0.4) is 0 Å². The summed E-state index contributed by atoms with van der Waals surface area (Å²) >= 11 is 0. The van der Waals surface area contributed by atoms with Crippen LogP contribution in [0.2, 0.25) is 0 Å². The maximum atomic E-state index is 13.3. The van der Waals surface area contributed by atoms with E-state index in [1.54, 1.807) is 28.5 Å². The van der Waals surface area contributed by atoms with Gasteiger partial charge in [0.15, 0.2) is 0 Å². The number of hydrogen-bond donors (Lipinski definition) is 2. The van der Waals surface area contributed by atoms with Gasteiger partial charge in [0.1, 0.15) is 11.7 Å². The lowest BCUT2D eigenvalue weighted by Crippen LogP contribution is -2.49. The molecule has 0 bridgehead atoms. The summed E-state index contributed by atoms with van der Waals surface area (Å²) in [5, 5.41) is 9.59. The van der Waals surface area contributed by atoms with Crippen LogP contribution in [0.5, 0.6) is 0 Å². The van der Waals surface area contributed by atoms with Crippen molar-refractivity contribution in [3.63, 3.8) is 0 Å². The average Bonchev–Trinajstić information content (AvgIpc) is 3.50. The summed E-state index contributed by atoms with van der Waals surface area (Å²) in [6.07, 6.45) is 4.69. The van der Waals surface area contributed by atoms with Gasteiger partial charge >= 0.3 is 0 Å². The highest BCUT2D eigenvalue weighted by Gasteiger charge is 2.36. The number of pyridine rings is 1. The molecule has 162 valence electrons. The molecule has 3 aromatic rings. The lowest BCUT2D eigenvalue weighted by Gasteiger charge is -2.30. The van der Waals surface area contributed by atoms with E-state index < -0.39 is 0 Å². The summed E-state index contributed by atoms with van der Waals surface area (Å²) in [5.74, 6) is 0.00781. The molecule has 0 aliphatic carbocycles. The van der Waals surface area contributed by atoms with Crippen LogP contribution >= 0.6 is 0 Å². The molecule has 2 amide bonds. The van der Waals surface area contributed by atoms with Crippen molar-refractivity contribution < 1.29 is 9.59 Å². The van der Waals surface area contributed by atoms with Crippen LogP contribution < -0.4 is 15.6 Å². The minimum atomic E-state index is -0.321. The van der Waals surface area contributed by atoms with E-state index in [2.05, 4.69) is 25.6 Å². The van der Waals surface area contributed by atoms with Crippen LogP contribution in [0.15, 0.2) is 60.9 Å². The zero-order chi connectivity index (χ0) is 21.9. The number of fused-ring (bicyclic) bond motifs is 1. The van der Waals surface area contributed by atoms with Crippen LogP contribution in [-0.2, 0) is 17.8 Å². The van der Waals surface area contributed by atoms with Crippen LogP contribution in [0, 0.1) is 0 Å². The third-order valence-electron chi connectivity index (χ3n) is 5.62. The quantitative estimate of drug-likeness (QED) is 0.637. The number of nitrogens with zero attached hydrogens (tertiary/aromatic N) is 5. The maximum absolute atomic E-state index is 13.3. The molecular weight excluding hydrogens is 406 g/mol. The standard InChI is InChI=1S/C23H23N7O2/c31-21(26-15-17-7-3-4-10-24-17)19-9-11-25-23(28-19)30-13-5-12-29(30)22(32)20-14-16-6-1-2-8-18(16)27-20/h1-4,6-11,20,27H,5,12-15H2,(H,26,31). The number of anilines is 2.